The Hall–Kier alpha value is -6.77. The van der Waals surface area contributed by atoms with E-state index in [0.717, 1.165) is 22.5 Å². The minimum absolute atomic E-state index is 0.151. The molecule has 252 valence electrons. The molecule has 0 aliphatic heterocycles. The number of hydrogen-bond acceptors (Lipinski definition) is 1. The SMILES string of the molecule is CC1(C)c2cc3c(cc2-c2ccc4ccccc4c21)c1ccccc1n3-c1ccc2c3c(cccc13)-c1c-2cc(-c2ccccc2)nc1-c1ccccc1. The molecule has 10 aromatic rings. The molecule has 2 aliphatic carbocycles. The van der Waals surface area contributed by atoms with Crippen molar-refractivity contribution in [3.05, 3.63) is 181 Å². The van der Waals surface area contributed by atoms with Gasteiger partial charge < -0.3 is 4.57 Å². The maximum absolute atomic E-state index is 5.39. The Labute approximate surface area is 313 Å². The Balaban J connectivity index is 1.14. The van der Waals surface area contributed by atoms with E-state index in [2.05, 4.69) is 188 Å². The molecule has 12 rings (SSSR count). The molecule has 0 amide bonds. The van der Waals surface area contributed by atoms with Gasteiger partial charge in [-0.15, -0.1) is 0 Å². The highest BCUT2D eigenvalue weighted by Gasteiger charge is 2.38. The molecule has 2 nitrogen and oxygen atoms in total. The van der Waals surface area contributed by atoms with Crippen LogP contribution in [0.1, 0.15) is 25.0 Å². The summed E-state index contributed by atoms with van der Waals surface area (Å²) in [6, 6.07) is 62.5. The van der Waals surface area contributed by atoms with E-state index in [1.165, 1.54) is 93.5 Å². The van der Waals surface area contributed by atoms with Crippen LogP contribution >= 0.6 is 0 Å². The van der Waals surface area contributed by atoms with Crippen LogP contribution in [0, 0.1) is 0 Å². The van der Waals surface area contributed by atoms with Crippen LogP contribution in [0.25, 0.3) is 105 Å². The van der Waals surface area contributed by atoms with E-state index in [0.29, 0.717) is 0 Å². The fourth-order valence-corrected chi connectivity index (χ4v) is 9.93. The summed E-state index contributed by atoms with van der Waals surface area (Å²) in [6.45, 7) is 4.81. The molecule has 54 heavy (non-hydrogen) atoms. The second-order valence-electron chi connectivity index (χ2n) is 15.5. The third kappa shape index (κ3) is 3.87. The Morgan fingerprint density at radius 3 is 2.00 bits per heavy atom. The van der Waals surface area contributed by atoms with Gasteiger partial charge in [0.05, 0.1) is 28.1 Å². The molecule has 0 N–H and O–H groups in total. The Bertz CT molecular complexity index is 3220. The first-order chi connectivity index (χ1) is 26.6. The molecule has 0 bridgehead atoms. The van der Waals surface area contributed by atoms with E-state index in [9.17, 15) is 0 Å². The lowest BCUT2D eigenvalue weighted by Gasteiger charge is -2.23. The highest BCUT2D eigenvalue weighted by molar-refractivity contribution is 6.21. The van der Waals surface area contributed by atoms with Crippen LogP contribution in [0.2, 0.25) is 0 Å². The molecular formula is C52H34N2. The smallest absolute Gasteiger partial charge is 0.0794 e. The minimum Gasteiger partial charge on any atom is -0.309 e. The molecule has 2 heteroatoms. The van der Waals surface area contributed by atoms with Crippen LogP contribution in [-0.4, -0.2) is 9.55 Å². The van der Waals surface area contributed by atoms with Gasteiger partial charge in [-0.1, -0.05) is 153 Å². The standard InChI is InChI=1S/C52H34N2/c1-52(2)43-30-47-41(28-40(43)37-25-24-31-14-9-10-19-34(31)50(37)52)35-20-11-12-23-45(35)54(47)46-27-26-36-42-29-44(32-15-5-3-6-16-32)53-51(33-17-7-4-8-18-33)49(42)39-22-13-21-38(46)48(36)39/h3-30H,1-2H3. The van der Waals surface area contributed by atoms with Gasteiger partial charge in [0, 0.05) is 38.3 Å². The van der Waals surface area contributed by atoms with Crippen LogP contribution in [0.5, 0.6) is 0 Å². The third-order valence-corrected chi connectivity index (χ3v) is 12.3. The first-order valence-corrected chi connectivity index (χ1v) is 18.9. The average Bonchev–Trinajstić information content (AvgIpc) is 3.81. The lowest BCUT2D eigenvalue weighted by molar-refractivity contribution is 0.667. The van der Waals surface area contributed by atoms with Gasteiger partial charge in [-0.2, -0.15) is 0 Å². The molecule has 2 heterocycles. The number of pyridine rings is 1. The number of rotatable bonds is 3. The van der Waals surface area contributed by atoms with E-state index in [1.807, 2.05) is 0 Å². The Morgan fingerprint density at radius 1 is 0.463 bits per heavy atom. The zero-order valence-electron chi connectivity index (χ0n) is 30.1. The van der Waals surface area contributed by atoms with Crippen molar-refractivity contribution in [2.24, 2.45) is 0 Å². The first-order valence-electron chi connectivity index (χ1n) is 18.9. The molecule has 0 spiro atoms. The van der Waals surface area contributed by atoms with Crippen LogP contribution < -0.4 is 0 Å². The fourth-order valence-electron chi connectivity index (χ4n) is 9.93. The van der Waals surface area contributed by atoms with Gasteiger partial charge in [-0.25, -0.2) is 4.98 Å². The number of fused-ring (bicyclic) bond motifs is 11. The molecule has 8 aromatic carbocycles. The van der Waals surface area contributed by atoms with Gasteiger partial charge in [0.2, 0.25) is 0 Å². The lowest BCUT2D eigenvalue weighted by Crippen LogP contribution is -2.15. The highest BCUT2D eigenvalue weighted by Crippen LogP contribution is 2.55. The zero-order chi connectivity index (χ0) is 35.7. The Kier molecular flexibility index (Phi) is 5.87. The molecule has 0 saturated carbocycles. The van der Waals surface area contributed by atoms with Crippen LogP contribution in [-0.2, 0) is 5.41 Å². The normalized spacial score (nSPS) is 13.5. The molecule has 0 fully saturated rings. The summed E-state index contributed by atoms with van der Waals surface area (Å²) in [6.07, 6.45) is 0. The predicted molar refractivity (Wildman–Crippen MR) is 226 cm³/mol. The Morgan fingerprint density at radius 2 is 1.17 bits per heavy atom. The van der Waals surface area contributed by atoms with Crippen molar-refractivity contribution in [3.63, 3.8) is 0 Å². The van der Waals surface area contributed by atoms with Gasteiger partial charge in [0.1, 0.15) is 0 Å². The maximum Gasteiger partial charge on any atom is 0.0794 e. The number of para-hydroxylation sites is 1. The predicted octanol–water partition coefficient (Wildman–Crippen LogP) is 13.8. The number of hydrogen-bond donors (Lipinski definition) is 0. The monoisotopic (exact) mass is 686 g/mol. The van der Waals surface area contributed by atoms with Gasteiger partial charge in [-0.05, 0) is 85.4 Å². The molecule has 2 aromatic heterocycles. The van der Waals surface area contributed by atoms with Crippen LogP contribution in [0.3, 0.4) is 0 Å². The summed E-state index contributed by atoms with van der Waals surface area (Å²) >= 11 is 0. The number of aromatic nitrogens is 2. The quantitative estimate of drug-likeness (QED) is 0.181. The van der Waals surface area contributed by atoms with Gasteiger partial charge in [0.25, 0.3) is 0 Å². The fraction of sp³-hybridized carbons (Fsp3) is 0.0577. The zero-order valence-corrected chi connectivity index (χ0v) is 30.1. The first kappa shape index (κ1) is 29.8. The average molecular weight is 687 g/mol. The van der Waals surface area contributed by atoms with E-state index in [4.69, 9.17) is 4.98 Å². The summed E-state index contributed by atoms with van der Waals surface area (Å²) in [5.41, 5.74) is 18.3. The minimum atomic E-state index is -0.151. The molecular weight excluding hydrogens is 653 g/mol. The van der Waals surface area contributed by atoms with Crippen molar-refractivity contribution in [1.82, 2.24) is 9.55 Å². The third-order valence-electron chi connectivity index (χ3n) is 12.3. The van der Waals surface area contributed by atoms with Crippen molar-refractivity contribution < 1.29 is 0 Å². The second-order valence-corrected chi connectivity index (χ2v) is 15.5. The largest absolute Gasteiger partial charge is 0.309 e. The van der Waals surface area contributed by atoms with Crippen LogP contribution in [0.15, 0.2) is 170 Å². The van der Waals surface area contributed by atoms with Gasteiger partial charge in [-0.3, -0.25) is 0 Å². The van der Waals surface area contributed by atoms with E-state index >= 15 is 0 Å². The van der Waals surface area contributed by atoms with E-state index < -0.39 is 0 Å². The van der Waals surface area contributed by atoms with Crippen LogP contribution in [0.4, 0.5) is 0 Å². The summed E-state index contributed by atoms with van der Waals surface area (Å²) in [7, 11) is 0. The maximum atomic E-state index is 5.39. The molecule has 0 unspecified atom stereocenters. The lowest BCUT2D eigenvalue weighted by atomic mass is 9.80. The van der Waals surface area contributed by atoms with Gasteiger partial charge >= 0.3 is 0 Å². The van der Waals surface area contributed by atoms with Crippen molar-refractivity contribution in [2.45, 2.75) is 19.3 Å². The number of benzene rings is 8. The van der Waals surface area contributed by atoms with Crippen molar-refractivity contribution >= 4 is 43.4 Å². The second kappa shape index (κ2) is 10.7. The summed E-state index contributed by atoms with van der Waals surface area (Å²) in [5, 5.41) is 7.75. The molecule has 0 radical (unpaired) electrons. The summed E-state index contributed by atoms with van der Waals surface area (Å²) in [4.78, 5) is 5.39. The van der Waals surface area contributed by atoms with Crippen molar-refractivity contribution in [2.75, 3.05) is 0 Å². The van der Waals surface area contributed by atoms with Crippen molar-refractivity contribution in [3.8, 4) is 61.6 Å². The molecule has 0 saturated heterocycles. The highest BCUT2D eigenvalue weighted by atomic mass is 15.0. The number of nitrogens with zero attached hydrogens (tertiary/aromatic N) is 2. The van der Waals surface area contributed by atoms with Crippen molar-refractivity contribution in [1.29, 1.82) is 0 Å². The summed E-state index contributed by atoms with van der Waals surface area (Å²) < 4.78 is 2.53. The van der Waals surface area contributed by atoms with Gasteiger partial charge in [0.15, 0.2) is 0 Å². The van der Waals surface area contributed by atoms with E-state index in [-0.39, 0.29) is 5.41 Å². The molecule has 2 aliphatic rings. The summed E-state index contributed by atoms with van der Waals surface area (Å²) in [5.74, 6) is 0. The topological polar surface area (TPSA) is 17.8 Å². The molecule has 0 atom stereocenters. The van der Waals surface area contributed by atoms with E-state index in [1.54, 1.807) is 0 Å².